The summed E-state index contributed by atoms with van der Waals surface area (Å²) < 4.78 is 30.5. The normalized spacial score (nSPS) is 13.1. The van der Waals surface area contributed by atoms with E-state index in [4.69, 9.17) is 25.8 Å². The summed E-state index contributed by atoms with van der Waals surface area (Å²) in [7, 11) is 1.56. The van der Waals surface area contributed by atoms with E-state index in [-0.39, 0.29) is 17.8 Å². The van der Waals surface area contributed by atoms with Crippen LogP contribution in [0.15, 0.2) is 73.6 Å². The molecule has 1 aliphatic rings. The molecule has 0 bridgehead atoms. The molecule has 37 heavy (non-hydrogen) atoms. The first-order chi connectivity index (χ1) is 17.9. The predicted octanol–water partition coefficient (Wildman–Crippen LogP) is 5.74. The average molecular weight is 521 g/mol. The second kappa shape index (κ2) is 10.3. The number of rotatable bonds is 8. The molecule has 1 N–H and O–H groups in total. The smallest absolute Gasteiger partial charge is 0.246 e. The second-order valence-electron chi connectivity index (χ2n) is 8.26. The molecule has 0 unspecified atom stereocenters. The van der Waals surface area contributed by atoms with E-state index in [0.29, 0.717) is 63.5 Å². The number of hydrogen-bond acceptors (Lipinski definition) is 7. The van der Waals surface area contributed by atoms with E-state index in [1.165, 1.54) is 36.7 Å². The van der Waals surface area contributed by atoms with Gasteiger partial charge in [0.1, 0.15) is 35.6 Å². The lowest BCUT2D eigenvalue weighted by Crippen LogP contribution is -2.55. The van der Waals surface area contributed by atoms with Gasteiger partial charge in [0.15, 0.2) is 11.5 Å². The molecule has 10 heteroatoms. The summed E-state index contributed by atoms with van der Waals surface area (Å²) in [5, 5.41) is 4.33. The third-order valence-corrected chi connectivity index (χ3v) is 6.08. The van der Waals surface area contributed by atoms with Gasteiger partial charge < -0.3 is 24.4 Å². The maximum Gasteiger partial charge on any atom is 0.246 e. The molecule has 3 aromatic carbocycles. The van der Waals surface area contributed by atoms with Gasteiger partial charge in [0.25, 0.3) is 0 Å². The lowest BCUT2D eigenvalue weighted by molar-refractivity contribution is -0.134. The summed E-state index contributed by atoms with van der Waals surface area (Å²) in [4.78, 5) is 22.1. The number of ether oxygens (including phenoxy) is 3. The number of methoxy groups -OCH3 is 1. The summed E-state index contributed by atoms with van der Waals surface area (Å²) in [6.07, 6.45) is 2.57. The molecular formula is C27H22ClFN4O4. The Morgan fingerprint density at radius 1 is 1.11 bits per heavy atom. The van der Waals surface area contributed by atoms with E-state index in [0.717, 1.165) is 0 Å². The molecule has 1 aromatic heterocycles. The van der Waals surface area contributed by atoms with Crippen molar-refractivity contribution >= 4 is 39.9 Å². The van der Waals surface area contributed by atoms with Gasteiger partial charge in [0.2, 0.25) is 5.91 Å². The van der Waals surface area contributed by atoms with Crippen molar-refractivity contribution in [1.82, 2.24) is 14.9 Å². The number of carbonyl (C=O) groups excluding carboxylic acids is 1. The predicted molar refractivity (Wildman–Crippen MR) is 138 cm³/mol. The van der Waals surface area contributed by atoms with Gasteiger partial charge in [-0.05, 0) is 54.6 Å². The summed E-state index contributed by atoms with van der Waals surface area (Å²) >= 11 is 6.44. The number of amides is 1. The fourth-order valence-electron chi connectivity index (χ4n) is 3.84. The van der Waals surface area contributed by atoms with Gasteiger partial charge in [-0.25, -0.2) is 14.4 Å². The lowest BCUT2D eigenvalue weighted by Gasteiger charge is -2.38. The van der Waals surface area contributed by atoms with Crippen LogP contribution in [0.2, 0.25) is 5.02 Å². The van der Waals surface area contributed by atoms with Crippen LogP contribution in [0.5, 0.6) is 23.0 Å². The van der Waals surface area contributed by atoms with E-state index in [9.17, 15) is 9.18 Å². The number of halogens is 2. The molecule has 1 amide bonds. The maximum absolute atomic E-state index is 13.2. The summed E-state index contributed by atoms with van der Waals surface area (Å²) in [5.41, 5.74) is 1.33. The fraction of sp³-hybridized carbons (Fsp3) is 0.148. The molecule has 188 valence electrons. The van der Waals surface area contributed by atoms with Crippen molar-refractivity contribution in [3.63, 3.8) is 0 Å². The highest BCUT2D eigenvalue weighted by molar-refractivity contribution is 6.32. The highest BCUT2D eigenvalue weighted by Crippen LogP contribution is 2.37. The maximum atomic E-state index is 13.2. The van der Waals surface area contributed by atoms with Crippen LogP contribution < -0.4 is 19.5 Å². The SMILES string of the molecule is C=CC(=O)N1CC(Oc2cc3c(Nc4ccc(Oc5ccc(F)cc5)c(Cl)c4)ncnc3cc2OC)C1. The number of benzene rings is 3. The zero-order chi connectivity index (χ0) is 25.9. The quantitative estimate of drug-likeness (QED) is 0.296. The first-order valence-electron chi connectivity index (χ1n) is 11.3. The number of carbonyl (C=O) groups is 1. The minimum Gasteiger partial charge on any atom is -0.493 e. The standard InChI is InChI=1S/C27H22ClFN4O4/c1-3-26(34)33-13-19(14-33)37-25-11-20-22(12-24(25)35-2)30-15-31-27(20)32-17-6-9-23(21(28)10-17)36-18-7-4-16(29)5-8-18/h3-12,15,19H,1,13-14H2,2H3,(H,30,31,32). The Labute approximate surface area is 217 Å². The first kappa shape index (κ1) is 24.3. The molecule has 1 fully saturated rings. The number of fused-ring (bicyclic) bond motifs is 1. The molecule has 5 rings (SSSR count). The van der Waals surface area contributed by atoms with Crippen LogP contribution in [-0.4, -0.2) is 47.1 Å². The van der Waals surface area contributed by atoms with E-state index in [1.54, 1.807) is 36.3 Å². The van der Waals surface area contributed by atoms with E-state index in [1.807, 2.05) is 6.07 Å². The Morgan fingerprint density at radius 2 is 1.89 bits per heavy atom. The number of anilines is 2. The van der Waals surface area contributed by atoms with Gasteiger partial charge in [-0.3, -0.25) is 4.79 Å². The van der Waals surface area contributed by atoms with Crippen molar-refractivity contribution in [1.29, 1.82) is 0 Å². The zero-order valence-corrected chi connectivity index (χ0v) is 20.5. The Balaban J connectivity index is 1.37. The Kier molecular flexibility index (Phi) is 6.78. The molecular weight excluding hydrogens is 499 g/mol. The number of likely N-dealkylation sites (tertiary alicyclic amines) is 1. The third-order valence-electron chi connectivity index (χ3n) is 5.78. The number of hydrogen-bond donors (Lipinski definition) is 1. The Hall–Kier alpha value is -4.37. The van der Waals surface area contributed by atoms with Crippen LogP contribution in [-0.2, 0) is 4.79 Å². The Bertz CT molecular complexity index is 1480. The van der Waals surface area contributed by atoms with Gasteiger partial charge in [0.05, 0.1) is 30.7 Å². The zero-order valence-electron chi connectivity index (χ0n) is 19.8. The van der Waals surface area contributed by atoms with E-state index < -0.39 is 0 Å². The molecule has 1 saturated heterocycles. The van der Waals surface area contributed by atoms with Crippen LogP contribution in [0.25, 0.3) is 10.9 Å². The van der Waals surface area contributed by atoms with Gasteiger partial charge >= 0.3 is 0 Å². The van der Waals surface area contributed by atoms with Crippen molar-refractivity contribution in [3.05, 3.63) is 84.4 Å². The number of nitrogens with zero attached hydrogens (tertiary/aromatic N) is 3. The monoisotopic (exact) mass is 520 g/mol. The summed E-state index contributed by atoms with van der Waals surface area (Å²) in [6, 6.07) is 14.5. The molecule has 2 heterocycles. The van der Waals surface area contributed by atoms with E-state index in [2.05, 4.69) is 21.9 Å². The van der Waals surface area contributed by atoms with Crippen LogP contribution in [0.3, 0.4) is 0 Å². The summed E-state index contributed by atoms with van der Waals surface area (Å²) in [5.74, 6) is 2.00. The summed E-state index contributed by atoms with van der Waals surface area (Å²) in [6.45, 7) is 4.44. The van der Waals surface area contributed by atoms with Crippen molar-refractivity contribution < 1.29 is 23.4 Å². The van der Waals surface area contributed by atoms with Crippen molar-refractivity contribution in [2.45, 2.75) is 6.10 Å². The molecule has 0 aliphatic carbocycles. The molecule has 4 aromatic rings. The average Bonchev–Trinajstić information content (AvgIpc) is 2.88. The highest BCUT2D eigenvalue weighted by Gasteiger charge is 2.31. The molecule has 1 aliphatic heterocycles. The molecule has 0 spiro atoms. The van der Waals surface area contributed by atoms with Gasteiger partial charge in [0, 0.05) is 17.1 Å². The molecule has 0 saturated carbocycles. The van der Waals surface area contributed by atoms with Gasteiger partial charge in [-0.2, -0.15) is 0 Å². The third kappa shape index (κ3) is 5.26. The van der Waals surface area contributed by atoms with Crippen LogP contribution in [0.1, 0.15) is 0 Å². The molecule has 0 atom stereocenters. The van der Waals surface area contributed by atoms with Crippen molar-refractivity contribution in [2.75, 3.05) is 25.5 Å². The Morgan fingerprint density at radius 3 is 2.59 bits per heavy atom. The van der Waals surface area contributed by atoms with Gasteiger partial charge in [-0.15, -0.1) is 0 Å². The van der Waals surface area contributed by atoms with Crippen LogP contribution in [0, 0.1) is 5.82 Å². The minimum atomic E-state index is -0.348. The highest BCUT2D eigenvalue weighted by atomic mass is 35.5. The fourth-order valence-corrected chi connectivity index (χ4v) is 4.06. The lowest BCUT2D eigenvalue weighted by atomic mass is 10.1. The molecule has 0 radical (unpaired) electrons. The first-order valence-corrected chi connectivity index (χ1v) is 11.7. The topological polar surface area (TPSA) is 85.8 Å². The second-order valence-corrected chi connectivity index (χ2v) is 8.66. The van der Waals surface area contributed by atoms with Crippen LogP contribution >= 0.6 is 11.6 Å². The van der Waals surface area contributed by atoms with Crippen molar-refractivity contribution in [3.8, 4) is 23.0 Å². The minimum absolute atomic E-state index is 0.127. The van der Waals surface area contributed by atoms with Crippen LogP contribution in [0.4, 0.5) is 15.9 Å². The number of aromatic nitrogens is 2. The largest absolute Gasteiger partial charge is 0.493 e. The van der Waals surface area contributed by atoms with Crippen molar-refractivity contribution in [2.24, 2.45) is 0 Å². The van der Waals surface area contributed by atoms with Gasteiger partial charge in [-0.1, -0.05) is 18.2 Å². The number of nitrogens with one attached hydrogen (secondary N) is 1. The molecule has 8 nitrogen and oxygen atoms in total. The van der Waals surface area contributed by atoms with E-state index >= 15 is 0 Å².